The zero-order valence-electron chi connectivity index (χ0n) is 15.2. The molecule has 2 atom stereocenters. The molecular formula is C20H19BrFNO4. The normalized spacial score (nSPS) is 26.6. The van der Waals surface area contributed by atoms with Crippen molar-refractivity contribution in [3.63, 3.8) is 0 Å². The van der Waals surface area contributed by atoms with Crippen LogP contribution in [0, 0.1) is 5.82 Å². The summed E-state index contributed by atoms with van der Waals surface area (Å²) in [5, 5.41) is 3.22. The number of carbonyl (C=O) groups excluding carboxylic acids is 2. The van der Waals surface area contributed by atoms with Crippen LogP contribution in [0.15, 0.2) is 45.2 Å². The second-order valence-corrected chi connectivity index (χ2v) is 8.24. The van der Waals surface area contributed by atoms with Crippen molar-refractivity contribution >= 4 is 27.7 Å². The summed E-state index contributed by atoms with van der Waals surface area (Å²) in [6.07, 6.45) is 0.221. The lowest BCUT2D eigenvalue weighted by Crippen LogP contribution is -2.47. The van der Waals surface area contributed by atoms with Gasteiger partial charge < -0.3 is 14.8 Å². The van der Waals surface area contributed by atoms with Crippen molar-refractivity contribution in [2.75, 3.05) is 6.61 Å². The Balaban J connectivity index is 1.94. The number of halogens is 2. The molecule has 0 aliphatic carbocycles. The maximum absolute atomic E-state index is 13.8. The minimum atomic E-state index is -0.999. The highest BCUT2D eigenvalue weighted by Crippen LogP contribution is 2.46. The lowest BCUT2D eigenvalue weighted by molar-refractivity contribution is -0.140. The first kappa shape index (κ1) is 18.4. The third-order valence-corrected chi connectivity index (χ3v) is 5.89. The molecule has 1 aromatic carbocycles. The number of hydrogen-bond acceptors (Lipinski definition) is 5. The van der Waals surface area contributed by atoms with E-state index in [0.717, 1.165) is 0 Å². The Morgan fingerprint density at radius 2 is 2.04 bits per heavy atom. The highest BCUT2D eigenvalue weighted by atomic mass is 79.9. The molecule has 0 fully saturated rings. The fourth-order valence-electron chi connectivity index (χ4n) is 3.84. The van der Waals surface area contributed by atoms with E-state index < -0.39 is 29.4 Å². The molecule has 0 bridgehead atoms. The van der Waals surface area contributed by atoms with Gasteiger partial charge in [0.2, 0.25) is 0 Å². The fraction of sp³-hybridized carbons (Fsp3) is 0.400. The Kier molecular flexibility index (Phi) is 4.27. The predicted octanol–water partition coefficient (Wildman–Crippen LogP) is 3.50. The van der Waals surface area contributed by atoms with E-state index in [1.807, 2.05) is 6.92 Å². The largest absolute Gasteiger partial charge is 0.452 e. The minimum absolute atomic E-state index is 0.194. The molecule has 3 aliphatic rings. The van der Waals surface area contributed by atoms with E-state index in [4.69, 9.17) is 9.47 Å². The molecule has 3 aliphatic heterocycles. The molecule has 0 radical (unpaired) electrons. The van der Waals surface area contributed by atoms with Gasteiger partial charge in [-0.05, 0) is 53.9 Å². The molecule has 0 aromatic heterocycles. The molecule has 4 rings (SSSR count). The number of Topliss-reactive ketones (excluding diaryl/α,β-unsaturated/α-hetero) is 1. The van der Waals surface area contributed by atoms with Crippen LogP contribution in [0.1, 0.15) is 38.7 Å². The van der Waals surface area contributed by atoms with Crippen LogP contribution in [-0.2, 0) is 19.1 Å². The van der Waals surface area contributed by atoms with Crippen LogP contribution in [-0.4, -0.2) is 30.1 Å². The first-order valence-corrected chi connectivity index (χ1v) is 9.62. The van der Waals surface area contributed by atoms with E-state index in [1.54, 1.807) is 26.0 Å². The van der Waals surface area contributed by atoms with Crippen molar-refractivity contribution < 1.29 is 23.5 Å². The molecule has 0 unspecified atom stereocenters. The van der Waals surface area contributed by atoms with Crippen molar-refractivity contribution in [3.05, 3.63) is 56.6 Å². The molecule has 7 heteroatoms. The van der Waals surface area contributed by atoms with Gasteiger partial charge in [-0.15, -0.1) is 0 Å². The summed E-state index contributed by atoms with van der Waals surface area (Å²) < 4.78 is 25.3. The van der Waals surface area contributed by atoms with Crippen LogP contribution in [0.4, 0.5) is 4.39 Å². The van der Waals surface area contributed by atoms with Crippen molar-refractivity contribution in [2.45, 2.75) is 44.8 Å². The Bertz CT molecular complexity index is 934. The number of ether oxygens (including phenoxy) is 2. The lowest BCUT2D eigenvalue weighted by atomic mass is 9.75. The summed E-state index contributed by atoms with van der Waals surface area (Å²) in [5.74, 6) is -1.66. The second kappa shape index (κ2) is 6.27. The molecule has 0 spiro atoms. The molecule has 1 aromatic rings. The van der Waals surface area contributed by atoms with Gasteiger partial charge in [-0.25, -0.2) is 9.18 Å². The summed E-state index contributed by atoms with van der Waals surface area (Å²) in [5.41, 5.74) is 1.87. The van der Waals surface area contributed by atoms with Gasteiger partial charge in [0.25, 0.3) is 0 Å². The van der Waals surface area contributed by atoms with Gasteiger partial charge >= 0.3 is 5.97 Å². The van der Waals surface area contributed by atoms with E-state index in [1.165, 1.54) is 6.07 Å². The quantitative estimate of drug-likeness (QED) is 0.720. The monoisotopic (exact) mass is 435 g/mol. The van der Waals surface area contributed by atoms with Gasteiger partial charge in [-0.2, -0.15) is 0 Å². The van der Waals surface area contributed by atoms with E-state index in [2.05, 4.69) is 21.2 Å². The van der Waals surface area contributed by atoms with Crippen LogP contribution in [0.2, 0.25) is 0 Å². The number of dihydropyridines is 1. The van der Waals surface area contributed by atoms with Crippen LogP contribution in [0.5, 0.6) is 0 Å². The van der Waals surface area contributed by atoms with E-state index >= 15 is 0 Å². The molecule has 142 valence electrons. The first-order chi connectivity index (χ1) is 12.7. The SMILES string of the molecule is CC[C@H]1OC(=O)C2=C1NC1=C(C(=O)C(C)(C)OC1)[C@H]2c1ccc(F)c(Br)c1. The van der Waals surface area contributed by atoms with Crippen LogP contribution in [0.25, 0.3) is 0 Å². The van der Waals surface area contributed by atoms with Crippen molar-refractivity contribution in [1.29, 1.82) is 0 Å². The average Bonchev–Trinajstić information content (AvgIpc) is 2.95. The maximum Gasteiger partial charge on any atom is 0.337 e. The number of hydrogen-bond donors (Lipinski definition) is 1. The number of rotatable bonds is 2. The standard InChI is InChI=1S/C20H19BrFNO4/c1-4-13-17-16(19(25)27-13)14(9-5-6-11(22)10(21)7-9)15-12(23-17)8-26-20(2,3)18(15)24/h5-7,13-14,23H,4,8H2,1-3H3/t13-,14-/m1/s1. The summed E-state index contributed by atoms with van der Waals surface area (Å²) >= 11 is 3.20. The van der Waals surface area contributed by atoms with Gasteiger partial charge in [0.1, 0.15) is 17.5 Å². The third kappa shape index (κ3) is 2.75. The van der Waals surface area contributed by atoms with Gasteiger partial charge in [0.05, 0.1) is 22.3 Å². The fourth-order valence-corrected chi connectivity index (χ4v) is 4.24. The zero-order chi connectivity index (χ0) is 19.5. The van der Waals surface area contributed by atoms with Crippen molar-refractivity contribution in [1.82, 2.24) is 5.32 Å². The smallest absolute Gasteiger partial charge is 0.337 e. The van der Waals surface area contributed by atoms with Gasteiger partial charge in [-0.3, -0.25) is 4.79 Å². The van der Waals surface area contributed by atoms with Crippen LogP contribution in [0.3, 0.4) is 0 Å². The number of benzene rings is 1. The van der Waals surface area contributed by atoms with Crippen molar-refractivity contribution in [3.8, 4) is 0 Å². The van der Waals surface area contributed by atoms with Gasteiger partial charge in [0, 0.05) is 17.2 Å². The van der Waals surface area contributed by atoms with Crippen LogP contribution < -0.4 is 5.32 Å². The van der Waals surface area contributed by atoms with Gasteiger partial charge in [-0.1, -0.05) is 13.0 Å². The molecule has 5 nitrogen and oxygen atoms in total. The van der Waals surface area contributed by atoms with E-state index in [0.29, 0.717) is 34.5 Å². The molecule has 0 saturated carbocycles. The molecule has 1 N–H and O–H groups in total. The molecular weight excluding hydrogens is 417 g/mol. The summed E-state index contributed by atoms with van der Waals surface area (Å²) in [6.45, 7) is 5.58. The molecule has 3 heterocycles. The number of nitrogens with one attached hydrogen (secondary N) is 1. The minimum Gasteiger partial charge on any atom is -0.452 e. The van der Waals surface area contributed by atoms with Crippen LogP contribution >= 0.6 is 15.9 Å². The second-order valence-electron chi connectivity index (χ2n) is 7.38. The lowest BCUT2D eigenvalue weighted by Gasteiger charge is -2.38. The Hall–Kier alpha value is -1.99. The number of cyclic esters (lactones) is 1. The first-order valence-electron chi connectivity index (χ1n) is 8.83. The zero-order valence-corrected chi connectivity index (χ0v) is 16.8. The molecule has 27 heavy (non-hydrogen) atoms. The van der Waals surface area contributed by atoms with E-state index in [-0.39, 0.29) is 16.9 Å². The summed E-state index contributed by atoms with van der Waals surface area (Å²) in [7, 11) is 0. The third-order valence-electron chi connectivity index (χ3n) is 5.29. The average molecular weight is 436 g/mol. The predicted molar refractivity (Wildman–Crippen MR) is 99.2 cm³/mol. The summed E-state index contributed by atoms with van der Waals surface area (Å²) in [6, 6.07) is 4.55. The Morgan fingerprint density at radius 3 is 2.70 bits per heavy atom. The number of carbonyl (C=O) groups is 2. The maximum atomic E-state index is 13.8. The highest BCUT2D eigenvalue weighted by molar-refractivity contribution is 9.10. The Morgan fingerprint density at radius 1 is 1.30 bits per heavy atom. The van der Waals surface area contributed by atoms with E-state index in [9.17, 15) is 14.0 Å². The topological polar surface area (TPSA) is 64.6 Å². The Labute approximate surface area is 164 Å². The summed E-state index contributed by atoms with van der Waals surface area (Å²) in [4.78, 5) is 25.9. The van der Waals surface area contributed by atoms with Gasteiger partial charge in [0.15, 0.2) is 5.78 Å². The molecule has 0 saturated heterocycles. The van der Waals surface area contributed by atoms with Crippen molar-refractivity contribution in [2.24, 2.45) is 0 Å². The number of esters is 1. The number of ketones is 1. The highest BCUT2D eigenvalue weighted by Gasteiger charge is 2.49. The molecule has 0 amide bonds.